The quantitative estimate of drug-likeness (QED) is 0.367. The van der Waals surface area contributed by atoms with Crippen molar-refractivity contribution in [2.75, 3.05) is 13.2 Å². The predicted octanol–water partition coefficient (Wildman–Crippen LogP) is 5.66. The molecule has 10 heteroatoms. The SMILES string of the molecule is OP(OC(Cl)(Cl)COc1ccccc1)OC(Cl)(Cl)COc1ccccc1. The van der Waals surface area contributed by atoms with Crippen LogP contribution >= 0.6 is 55.0 Å². The zero-order valence-electron chi connectivity index (χ0n) is 13.2. The third-order valence-electron chi connectivity index (χ3n) is 2.72. The largest absolute Gasteiger partial charge is 0.488 e. The van der Waals surface area contributed by atoms with Crippen molar-refractivity contribution in [3.63, 3.8) is 0 Å². The number of hydrogen-bond acceptors (Lipinski definition) is 5. The fourth-order valence-corrected chi connectivity index (χ4v) is 3.19. The summed E-state index contributed by atoms with van der Waals surface area (Å²) in [5.41, 5.74) is 0. The van der Waals surface area contributed by atoms with E-state index in [0.717, 1.165) is 0 Å². The van der Waals surface area contributed by atoms with Crippen LogP contribution in [-0.2, 0) is 9.05 Å². The fraction of sp³-hybridized carbons (Fsp3) is 0.250. The van der Waals surface area contributed by atoms with Crippen LogP contribution in [0.4, 0.5) is 0 Å². The van der Waals surface area contributed by atoms with Crippen LogP contribution in [0.5, 0.6) is 11.5 Å². The summed E-state index contributed by atoms with van der Waals surface area (Å²) in [7, 11) is -2.61. The van der Waals surface area contributed by atoms with Crippen LogP contribution in [0.25, 0.3) is 0 Å². The van der Waals surface area contributed by atoms with Crippen molar-refractivity contribution in [2.24, 2.45) is 0 Å². The van der Waals surface area contributed by atoms with Crippen LogP contribution in [0.1, 0.15) is 0 Å². The summed E-state index contributed by atoms with van der Waals surface area (Å²) in [5.74, 6) is 1.07. The van der Waals surface area contributed by atoms with E-state index in [1.165, 1.54) is 0 Å². The summed E-state index contributed by atoms with van der Waals surface area (Å²) < 4.78 is 17.0. The first-order valence-electron chi connectivity index (χ1n) is 7.24. The average molecular weight is 460 g/mol. The van der Waals surface area contributed by atoms with Crippen molar-refractivity contribution in [1.29, 1.82) is 0 Å². The molecule has 2 aromatic carbocycles. The highest BCUT2D eigenvalue weighted by Crippen LogP contribution is 2.47. The van der Waals surface area contributed by atoms with Gasteiger partial charge in [-0.1, -0.05) is 82.8 Å². The van der Waals surface area contributed by atoms with Gasteiger partial charge in [0.15, 0.2) is 0 Å². The molecule has 142 valence electrons. The molecule has 0 saturated carbocycles. The Hall–Kier alpha value is -0.490. The monoisotopic (exact) mass is 458 g/mol. The average Bonchev–Trinajstić information content (AvgIpc) is 2.59. The van der Waals surface area contributed by atoms with E-state index in [2.05, 4.69) is 0 Å². The van der Waals surface area contributed by atoms with Crippen LogP contribution in [0.15, 0.2) is 60.7 Å². The van der Waals surface area contributed by atoms with Crippen molar-refractivity contribution in [3.8, 4) is 11.5 Å². The van der Waals surface area contributed by atoms with Crippen LogP contribution in [0.3, 0.4) is 0 Å². The Morgan fingerprint density at radius 3 is 1.38 bits per heavy atom. The first-order valence-corrected chi connectivity index (χ1v) is 9.89. The molecule has 2 rings (SSSR count). The molecular weight excluding hydrogens is 445 g/mol. The van der Waals surface area contributed by atoms with Crippen molar-refractivity contribution in [2.45, 2.75) is 9.04 Å². The Bertz CT molecular complexity index is 603. The minimum absolute atomic E-state index is 0.263. The third kappa shape index (κ3) is 8.47. The van der Waals surface area contributed by atoms with E-state index in [4.69, 9.17) is 64.9 Å². The van der Waals surface area contributed by atoms with Crippen LogP contribution < -0.4 is 9.47 Å². The summed E-state index contributed by atoms with van der Waals surface area (Å²) in [6, 6.07) is 17.6. The van der Waals surface area contributed by atoms with E-state index in [1.807, 2.05) is 12.1 Å². The van der Waals surface area contributed by atoms with E-state index < -0.39 is 17.6 Å². The molecular formula is C16H15Cl4O5P. The molecule has 0 fully saturated rings. The standard InChI is InChI=1S/C16H15Cl4O5P/c17-15(18,11-22-13-7-3-1-4-8-13)24-26(21)25-16(19,20)12-23-14-9-5-2-6-10-14/h1-10,21H,11-12H2. The van der Waals surface area contributed by atoms with Crippen LogP contribution in [0.2, 0.25) is 0 Å². The Balaban J connectivity index is 1.78. The van der Waals surface area contributed by atoms with Gasteiger partial charge in [0.05, 0.1) is 0 Å². The molecule has 0 heterocycles. The molecule has 0 aromatic heterocycles. The number of ether oxygens (including phenoxy) is 2. The molecule has 0 aliphatic heterocycles. The third-order valence-corrected chi connectivity index (χ3v) is 4.83. The van der Waals surface area contributed by atoms with Crippen molar-refractivity contribution >= 4 is 55.0 Å². The van der Waals surface area contributed by atoms with Gasteiger partial charge in [-0.3, -0.25) is 9.05 Å². The first kappa shape index (κ1) is 21.8. The van der Waals surface area contributed by atoms with Gasteiger partial charge >= 0.3 is 8.60 Å². The molecule has 2 aromatic rings. The highest BCUT2D eigenvalue weighted by atomic mass is 35.5. The summed E-state index contributed by atoms with van der Waals surface area (Å²) >= 11 is 23.8. The van der Waals surface area contributed by atoms with E-state index in [9.17, 15) is 4.89 Å². The lowest BCUT2D eigenvalue weighted by Crippen LogP contribution is -2.29. The summed E-state index contributed by atoms with van der Waals surface area (Å²) in [4.78, 5) is 9.89. The number of halogens is 4. The van der Waals surface area contributed by atoms with Crippen molar-refractivity contribution < 1.29 is 23.4 Å². The van der Waals surface area contributed by atoms with Gasteiger partial charge in [0, 0.05) is 0 Å². The molecule has 0 bridgehead atoms. The van der Waals surface area contributed by atoms with Gasteiger partial charge < -0.3 is 14.4 Å². The van der Waals surface area contributed by atoms with Gasteiger partial charge in [-0.15, -0.1) is 0 Å². The number of alkyl halides is 4. The number of benzene rings is 2. The molecule has 0 atom stereocenters. The second kappa shape index (κ2) is 10.2. The van der Waals surface area contributed by atoms with Crippen molar-refractivity contribution in [3.05, 3.63) is 60.7 Å². The molecule has 0 aliphatic carbocycles. The molecule has 0 radical (unpaired) electrons. The smallest absolute Gasteiger partial charge is 0.335 e. The zero-order chi connectivity index (χ0) is 19.0. The summed E-state index contributed by atoms with van der Waals surface area (Å²) in [6.07, 6.45) is 0. The topological polar surface area (TPSA) is 57.2 Å². The number of rotatable bonds is 10. The molecule has 0 amide bonds. The maximum Gasteiger partial charge on any atom is 0.335 e. The van der Waals surface area contributed by atoms with Crippen LogP contribution in [0, 0.1) is 0 Å². The van der Waals surface area contributed by atoms with Gasteiger partial charge in [0.25, 0.3) is 9.04 Å². The minimum Gasteiger partial charge on any atom is -0.488 e. The Labute approximate surface area is 172 Å². The Morgan fingerprint density at radius 1 is 0.692 bits per heavy atom. The molecule has 0 unspecified atom stereocenters. The van der Waals surface area contributed by atoms with Gasteiger partial charge in [-0.25, -0.2) is 0 Å². The second-order valence-electron chi connectivity index (χ2n) is 4.90. The molecule has 0 aliphatic rings. The van der Waals surface area contributed by atoms with E-state index >= 15 is 0 Å². The molecule has 26 heavy (non-hydrogen) atoms. The van der Waals surface area contributed by atoms with E-state index in [-0.39, 0.29) is 13.2 Å². The summed E-state index contributed by atoms with van der Waals surface area (Å²) in [5, 5.41) is 0. The maximum atomic E-state index is 9.89. The molecule has 1 N–H and O–H groups in total. The zero-order valence-corrected chi connectivity index (χ0v) is 17.1. The van der Waals surface area contributed by atoms with Crippen LogP contribution in [-0.4, -0.2) is 27.1 Å². The van der Waals surface area contributed by atoms with Gasteiger partial charge in [0.1, 0.15) is 24.7 Å². The predicted molar refractivity (Wildman–Crippen MR) is 104 cm³/mol. The number of hydrogen-bond donors (Lipinski definition) is 1. The van der Waals surface area contributed by atoms with Gasteiger partial charge in [-0.05, 0) is 24.3 Å². The first-order chi connectivity index (χ1) is 12.3. The molecule has 0 spiro atoms. The highest BCUT2D eigenvalue weighted by molar-refractivity contribution is 7.41. The van der Waals surface area contributed by atoms with Gasteiger partial charge in [-0.2, -0.15) is 0 Å². The highest BCUT2D eigenvalue weighted by Gasteiger charge is 2.37. The lowest BCUT2D eigenvalue weighted by Gasteiger charge is -2.26. The van der Waals surface area contributed by atoms with Crippen molar-refractivity contribution in [1.82, 2.24) is 0 Å². The minimum atomic E-state index is -2.61. The lowest BCUT2D eigenvalue weighted by molar-refractivity contribution is 0.0892. The second-order valence-corrected chi connectivity index (χ2v) is 8.57. The molecule has 5 nitrogen and oxygen atoms in total. The number of para-hydroxylation sites is 2. The molecule has 0 saturated heterocycles. The normalized spacial score (nSPS) is 12.2. The van der Waals surface area contributed by atoms with Gasteiger partial charge in [0.2, 0.25) is 0 Å². The Kier molecular flexibility index (Phi) is 8.52. The summed E-state index contributed by atoms with van der Waals surface area (Å²) in [6.45, 7) is -0.526. The fourth-order valence-electron chi connectivity index (χ4n) is 1.67. The maximum absolute atomic E-state index is 9.89. The van der Waals surface area contributed by atoms with E-state index in [0.29, 0.717) is 11.5 Å². The Morgan fingerprint density at radius 2 is 1.04 bits per heavy atom. The van der Waals surface area contributed by atoms with E-state index in [1.54, 1.807) is 48.5 Å². The lowest BCUT2D eigenvalue weighted by atomic mass is 10.3.